The number of rotatable bonds is 11. The average Bonchev–Trinajstić information content (AvgIpc) is 3.43. The molecule has 3 aromatic rings. The average molecular weight is 691 g/mol. The summed E-state index contributed by atoms with van der Waals surface area (Å²) in [6.07, 6.45) is 5.33. The van der Waals surface area contributed by atoms with Crippen molar-refractivity contribution in [3.05, 3.63) is 98.9 Å². The molecule has 0 spiro atoms. The summed E-state index contributed by atoms with van der Waals surface area (Å²) in [5, 5.41) is 3.17. The number of hydrogen-bond acceptors (Lipinski definition) is 4. The summed E-state index contributed by atoms with van der Waals surface area (Å²) in [5.74, 6) is -0.690. The topological polar surface area (TPSA) is 86.8 Å². The van der Waals surface area contributed by atoms with E-state index in [1.165, 1.54) is 4.90 Å². The highest BCUT2D eigenvalue weighted by atomic mass is 79.9. The van der Waals surface area contributed by atoms with Crippen LogP contribution in [0.15, 0.2) is 87.8 Å². The van der Waals surface area contributed by atoms with Crippen LogP contribution in [0, 0.1) is 0 Å². The number of hydrogen-bond donors (Lipinski definition) is 1. The van der Waals surface area contributed by atoms with Gasteiger partial charge in [-0.25, -0.2) is 8.42 Å². The fourth-order valence-corrected chi connectivity index (χ4v) is 6.54. The Morgan fingerprint density at radius 2 is 1.55 bits per heavy atom. The molecule has 1 aliphatic carbocycles. The van der Waals surface area contributed by atoms with Crippen molar-refractivity contribution < 1.29 is 18.0 Å². The largest absolute Gasteiger partial charge is 0.352 e. The second-order valence-electron chi connectivity index (χ2n) is 10.1. The number of benzene rings is 3. The van der Waals surface area contributed by atoms with E-state index in [0.29, 0.717) is 12.1 Å². The Hall–Kier alpha value is -2.69. The van der Waals surface area contributed by atoms with Gasteiger partial charge in [0.05, 0.1) is 11.9 Å². The third kappa shape index (κ3) is 8.41. The molecule has 1 atom stereocenters. The summed E-state index contributed by atoms with van der Waals surface area (Å²) in [5.41, 5.74) is 2.11. The SMILES string of the molecule is CS(=O)(=O)N(CC(=O)N(Cc1cccc(Br)c1)[C@@H](Cc1ccccc1)C(=O)NC1CCCC1)c1ccc(Br)cc1. The van der Waals surface area contributed by atoms with Crippen LogP contribution in [-0.2, 0) is 32.6 Å². The molecule has 4 rings (SSSR count). The zero-order chi connectivity index (χ0) is 28.7. The lowest BCUT2D eigenvalue weighted by molar-refractivity contribution is -0.140. The Kier molecular flexibility index (Phi) is 10.4. The van der Waals surface area contributed by atoms with Gasteiger partial charge in [-0.3, -0.25) is 13.9 Å². The summed E-state index contributed by atoms with van der Waals surface area (Å²) in [4.78, 5) is 29.5. The number of anilines is 1. The summed E-state index contributed by atoms with van der Waals surface area (Å²) in [6.45, 7) is -0.289. The number of nitrogens with zero attached hydrogens (tertiary/aromatic N) is 2. The first-order valence-corrected chi connectivity index (χ1v) is 16.6. The first-order chi connectivity index (χ1) is 19.1. The van der Waals surface area contributed by atoms with Crippen LogP contribution in [0.2, 0.25) is 0 Å². The van der Waals surface area contributed by atoms with Crippen LogP contribution in [0.4, 0.5) is 5.69 Å². The van der Waals surface area contributed by atoms with E-state index in [-0.39, 0.29) is 18.5 Å². The molecule has 1 aliphatic rings. The minimum atomic E-state index is -3.80. The van der Waals surface area contributed by atoms with Crippen LogP contribution >= 0.6 is 31.9 Å². The van der Waals surface area contributed by atoms with E-state index in [9.17, 15) is 18.0 Å². The van der Waals surface area contributed by atoms with Gasteiger partial charge in [-0.15, -0.1) is 0 Å². The maximum atomic E-state index is 14.1. The second-order valence-corrected chi connectivity index (χ2v) is 13.8. The number of nitrogens with one attached hydrogen (secondary N) is 1. The van der Waals surface area contributed by atoms with Gasteiger partial charge in [-0.2, -0.15) is 0 Å². The number of carbonyl (C=O) groups excluding carboxylic acids is 2. The predicted molar refractivity (Wildman–Crippen MR) is 165 cm³/mol. The first-order valence-electron chi connectivity index (χ1n) is 13.2. The lowest BCUT2D eigenvalue weighted by Crippen LogP contribution is -2.54. The molecule has 0 saturated heterocycles. The van der Waals surface area contributed by atoms with Gasteiger partial charge in [0.15, 0.2) is 0 Å². The second kappa shape index (κ2) is 13.8. The molecule has 7 nitrogen and oxygen atoms in total. The molecule has 1 fully saturated rings. The Bertz CT molecular complexity index is 1410. The third-order valence-electron chi connectivity index (χ3n) is 7.01. The van der Waals surface area contributed by atoms with E-state index < -0.39 is 28.5 Å². The third-order valence-corrected chi connectivity index (χ3v) is 9.17. The predicted octanol–water partition coefficient (Wildman–Crippen LogP) is 5.68. The van der Waals surface area contributed by atoms with Gasteiger partial charge in [0.1, 0.15) is 12.6 Å². The van der Waals surface area contributed by atoms with Gasteiger partial charge in [0, 0.05) is 28.0 Å². The minimum absolute atomic E-state index is 0.0730. The molecule has 0 aromatic heterocycles. The Morgan fingerprint density at radius 3 is 2.17 bits per heavy atom. The molecule has 2 amide bonds. The van der Waals surface area contributed by atoms with Crippen molar-refractivity contribution in [2.45, 2.75) is 50.7 Å². The van der Waals surface area contributed by atoms with E-state index in [4.69, 9.17) is 0 Å². The van der Waals surface area contributed by atoms with Crippen LogP contribution in [0.3, 0.4) is 0 Å². The Morgan fingerprint density at radius 1 is 0.900 bits per heavy atom. The zero-order valence-electron chi connectivity index (χ0n) is 22.3. The van der Waals surface area contributed by atoms with E-state index >= 15 is 0 Å². The summed E-state index contributed by atoms with van der Waals surface area (Å²) >= 11 is 6.87. The van der Waals surface area contributed by atoms with Crippen molar-refractivity contribution in [2.75, 3.05) is 17.1 Å². The number of carbonyl (C=O) groups is 2. The van der Waals surface area contributed by atoms with Gasteiger partial charge in [-0.1, -0.05) is 87.2 Å². The van der Waals surface area contributed by atoms with E-state index in [1.807, 2.05) is 54.6 Å². The number of halogens is 2. The summed E-state index contributed by atoms with van der Waals surface area (Å²) in [6, 6.07) is 23.1. The van der Waals surface area contributed by atoms with Gasteiger partial charge < -0.3 is 10.2 Å². The highest BCUT2D eigenvalue weighted by Crippen LogP contribution is 2.24. The van der Waals surface area contributed by atoms with Crippen molar-refractivity contribution in [1.29, 1.82) is 0 Å². The first kappa shape index (κ1) is 30.3. The van der Waals surface area contributed by atoms with Crippen molar-refractivity contribution in [3.63, 3.8) is 0 Å². The monoisotopic (exact) mass is 689 g/mol. The van der Waals surface area contributed by atoms with Crippen molar-refractivity contribution in [2.24, 2.45) is 0 Å². The molecule has 1 saturated carbocycles. The van der Waals surface area contributed by atoms with E-state index in [2.05, 4.69) is 37.2 Å². The molecule has 0 heterocycles. The molecule has 10 heteroatoms. The van der Waals surface area contributed by atoms with Gasteiger partial charge in [0.2, 0.25) is 21.8 Å². The maximum Gasteiger partial charge on any atom is 0.244 e. The lowest BCUT2D eigenvalue weighted by atomic mass is 10.0. The lowest BCUT2D eigenvalue weighted by Gasteiger charge is -2.34. The van der Waals surface area contributed by atoms with Crippen molar-refractivity contribution in [1.82, 2.24) is 10.2 Å². The summed E-state index contributed by atoms with van der Waals surface area (Å²) < 4.78 is 28.4. The van der Waals surface area contributed by atoms with E-state index in [0.717, 1.165) is 56.3 Å². The number of sulfonamides is 1. The zero-order valence-corrected chi connectivity index (χ0v) is 26.3. The standard InChI is InChI=1S/C30H33Br2N3O4S/c1-40(38,39)35(27-16-14-24(31)15-17-27)21-29(36)34(20-23-10-7-11-25(32)18-23)28(19-22-8-3-2-4-9-22)30(37)33-26-12-5-6-13-26/h2-4,7-11,14-18,26,28H,5-6,12-13,19-21H2,1H3,(H,33,37)/t28-/m0/s1. The highest BCUT2D eigenvalue weighted by molar-refractivity contribution is 9.10. The van der Waals surface area contributed by atoms with Gasteiger partial charge in [0.25, 0.3) is 0 Å². The van der Waals surface area contributed by atoms with Crippen LogP contribution in [0.1, 0.15) is 36.8 Å². The fraction of sp³-hybridized carbons (Fsp3) is 0.333. The van der Waals surface area contributed by atoms with Crippen LogP contribution in [0.25, 0.3) is 0 Å². The molecule has 212 valence electrons. The van der Waals surface area contributed by atoms with Crippen molar-refractivity contribution >= 4 is 59.4 Å². The fourth-order valence-electron chi connectivity index (χ4n) is 4.97. The Labute approximate surface area is 253 Å². The molecule has 0 bridgehead atoms. The smallest absolute Gasteiger partial charge is 0.244 e. The molecule has 0 aliphatic heterocycles. The summed E-state index contributed by atoms with van der Waals surface area (Å²) in [7, 11) is -3.80. The molecular weight excluding hydrogens is 658 g/mol. The quantitative estimate of drug-likeness (QED) is 0.281. The molecule has 0 unspecified atom stereocenters. The molecular formula is C30H33Br2N3O4S. The van der Waals surface area contributed by atoms with Gasteiger partial charge >= 0.3 is 0 Å². The number of amides is 2. The molecule has 0 radical (unpaired) electrons. The Balaban J connectivity index is 1.72. The molecule has 3 aromatic carbocycles. The van der Waals surface area contributed by atoms with Crippen LogP contribution < -0.4 is 9.62 Å². The van der Waals surface area contributed by atoms with E-state index in [1.54, 1.807) is 24.3 Å². The van der Waals surface area contributed by atoms with Crippen LogP contribution in [-0.4, -0.2) is 50.0 Å². The molecule has 1 N–H and O–H groups in total. The maximum absolute atomic E-state index is 14.1. The minimum Gasteiger partial charge on any atom is -0.352 e. The normalized spacial score (nSPS) is 14.5. The van der Waals surface area contributed by atoms with Crippen molar-refractivity contribution in [3.8, 4) is 0 Å². The molecule has 40 heavy (non-hydrogen) atoms. The highest BCUT2D eigenvalue weighted by Gasteiger charge is 2.34. The van der Waals surface area contributed by atoms with Gasteiger partial charge in [-0.05, 0) is 60.4 Å². The van der Waals surface area contributed by atoms with Crippen LogP contribution in [0.5, 0.6) is 0 Å².